The lowest BCUT2D eigenvalue weighted by molar-refractivity contribution is -0.168. The van der Waals surface area contributed by atoms with Gasteiger partial charge in [-0.15, -0.1) is 0 Å². The molecule has 0 aromatic heterocycles. The van der Waals surface area contributed by atoms with Crippen LogP contribution in [-0.2, 0) is 26.1 Å². The first-order valence-corrected chi connectivity index (χ1v) is 12.4. The predicted molar refractivity (Wildman–Crippen MR) is 132 cm³/mol. The van der Waals surface area contributed by atoms with Crippen molar-refractivity contribution in [2.45, 2.75) is 75.7 Å². The number of hydrogen-bond donors (Lipinski definition) is 1. The number of carbonyl (C=O) groups excluding carboxylic acids is 2. The van der Waals surface area contributed by atoms with Crippen molar-refractivity contribution in [1.82, 2.24) is 4.90 Å². The van der Waals surface area contributed by atoms with E-state index in [0.29, 0.717) is 30.8 Å². The molecule has 1 unspecified atom stereocenters. The van der Waals surface area contributed by atoms with Gasteiger partial charge >= 0.3 is 12.1 Å². The lowest BCUT2D eigenvalue weighted by atomic mass is 9.50. The second-order valence-electron chi connectivity index (χ2n) is 11.0. The van der Waals surface area contributed by atoms with Gasteiger partial charge in [-0.05, 0) is 71.8 Å². The molecule has 1 fully saturated rings. The fraction of sp³-hybridized carbons (Fsp3) is 0.500. The summed E-state index contributed by atoms with van der Waals surface area (Å²) in [5.41, 5.74) is -0.815. The van der Waals surface area contributed by atoms with Crippen LogP contribution in [0.5, 0.6) is 11.5 Å². The van der Waals surface area contributed by atoms with Gasteiger partial charge in [-0.3, -0.25) is 0 Å². The van der Waals surface area contributed by atoms with Crippen LogP contribution in [0.15, 0.2) is 48.3 Å². The third-order valence-electron chi connectivity index (χ3n) is 7.68. The largest absolute Gasteiger partial charge is 0.514 e. The highest BCUT2D eigenvalue weighted by molar-refractivity contribution is 5.83. The molecule has 1 spiro atoms. The number of nitrogens with zero attached hydrogens (tertiary/aromatic N) is 1. The van der Waals surface area contributed by atoms with Crippen LogP contribution < -0.4 is 9.47 Å². The van der Waals surface area contributed by atoms with Gasteiger partial charge in [0.05, 0.1) is 11.0 Å². The monoisotopic (exact) mass is 495 g/mol. The molecule has 5 rings (SSSR count). The predicted octanol–water partition coefficient (Wildman–Crippen LogP) is 3.95. The van der Waals surface area contributed by atoms with Crippen molar-refractivity contribution in [3.05, 3.63) is 59.4 Å². The molecular formula is C28H33NO7. The van der Waals surface area contributed by atoms with Crippen LogP contribution in [0.25, 0.3) is 0 Å². The highest BCUT2D eigenvalue weighted by atomic mass is 16.7. The van der Waals surface area contributed by atoms with Gasteiger partial charge in [0.1, 0.15) is 11.4 Å². The van der Waals surface area contributed by atoms with Gasteiger partial charge in [-0.1, -0.05) is 24.3 Å². The molecule has 0 saturated carbocycles. The fourth-order valence-electron chi connectivity index (χ4n) is 6.26. The van der Waals surface area contributed by atoms with Crippen LogP contribution in [0.2, 0.25) is 0 Å². The maximum atomic E-state index is 12.6. The number of esters is 1. The highest BCUT2D eigenvalue weighted by Gasteiger charge is 2.72. The number of piperidine rings is 1. The summed E-state index contributed by atoms with van der Waals surface area (Å²) in [4.78, 5) is 27.3. The smallest absolute Gasteiger partial charge is 0.477 e. The Balaban J connectivity index is 1.58. The SMILES string of the molecule is CC=CC=CC(=O)OC1=CC[C@]2(O)C3Cc4ccc(OC(=O)OC(C)(C)C)c5c4[C@@]2(CCN3C)[C@H]1O5. The number of carbonyl (C=O) groups is 2. The average Bonchev–Trinajstić information content (AvgIpc) is 3.14. The zero-order chi connectivity index (χ0) is 25.9. The fourth-order valence-corrected chi connectivity index (χ4v) is 6.26. The third kappa shape index (κ3) is 3.66. The molecule has 1 aromatic rings. The van der Waals surface area contributed by atoms with Crippen molar-refractivity contribution in [2.75, 3.05) is 13.6 Å². The van der Waals surface area contributed by atoms with Crippen molar-refractivity contribution in [3.8, 4) is 11.5 Å². The Kier molecular flexibility index (Phi) is 5.80. The summed E-state index contributed by atoms with van der Waals surface area (Å²) in [5.74, 6) is 0.472. The van der Waals surface area contributed by atoms with Gasteiger partial charge in [0.25, 0.3) is 0 Å². The minimum atomic E-state index is -1.13. The summed E-state index contributed by atoms with van der Waals surface area (Å²) in [6, 6.07) is 3.51. The Bertz CT molecular complexity index is 1190. The first-order chi connectivity index (χ1) is 17.0. The molecule has 8 nitrogen and oxygen atoms in total. The van der Waals surface area contributed by atoms with E-state index in [1.807, 2.05) is 26.1 Å². The molecule has 4 atom stereocenters. The van der Waals surface area contributed by atoms with E-state index in [1.54, 1.807) is 45.1 Å². The Labute approximate surface area is 211 Å². The molecule has 2 heterocycles. The molecule has 1 N–H and O–H groups in total. The first-order valence-electron chi connectivity index (χ1n) is 12.4. The summed E-state index contributed by atoms with van der Waals surface area (Å²) in [6.07, 6.45) is 8.27. The van der Waals surface area contributed by atoms with Crippen LogP contribution in [0.3, 0.4) is 0 Å². The quantitative estimate of drug-likeness (QED) is 0.290. The molecule has 2 aliphatic carbocycles. The molecule has 8 heteroatoms. The molecule has 1 aromatic carbocycles. The normalized spacial score (nSPS) is 30.6. The van der Waals surface area contributed by atoms with Gasteiger partial charge in [-0.2, -0.15) is 0 Å². The number of rotatable bonds is 4. The van der Waals surface area contributed by atoms with Gasteiger partial charge in [0.15, 0.2) is 17.6 Å². The van der Waals surface area contributed by atoms with Crippen molar-refractivity contribution in [2.24, 2.45) is 0 Å². The molecule has 192 valence electrons. The molecule has 0 radical (unpaired) electrons. The minimum absolute atomic E-state index is 0.128. The van der Waals surface area contributed by atoms with Crippen LogP contribution in [-0.4, -0.2) is 59.1 Å². The summed E-state index contributed by atoms with van der Waals surface area (Å²) >= 11 is 0. The van der Waals surface area contributed by atoms with Gasteiger partial charge < -0.3 is 29.0 Å². The Hall–Kier alpha value is -3.10. The highest BCUT2D eigenvalue weighted by Crippen LogP contribution is 2.65. The maximum Gasteiger partial charge on any atom is 0.514 e. The van der Waals surface area contributed by atoms with E-state index in [2.05, 4.69) is 4.90 Å². The maximum absolute atomic E-state index is 12.6. The zero-order valence-corrected chi connectivity index (χ0v) is 21.4. The number of hydrogen-bond acceptors (Lipinski definition) is 8. The van der Waals surface area contributed by atoms with Crippen molar-refractivity contribution in [3.63, 3.8) is 0 Å². The van der Waals surface area contributed by atoms with E-state index in [-0.39, 0.29) is 11.8 Å². The number of allylic oxidation sites excluding steroid dienone is 3. The molecule has 0 amide bonds. The molecular weight excluding hydrogens is 462 g/mol. The topological polar surface area (TPSA) is 94.5 Å². The van der Waals surface area contributed by atoms with Crippen LogP contribution in [0, 0.1) is 0 Å². The van der Waals surface area contributed by atoms with E-state index in [1.165, 1.54) is 6.08 Å². The van der Waals surface area contributed by atoms with E-state index in [4.69, 9.17) is 18.9 Å². The number of aliphatic hydroxyl groups is 1. The Morgan fingerprint density at radius 2 is 2.00 bits per heavy atom. The van der Waals surface area contributed by atoms with E-state index < -0.39 is 34.8 Å². The summed E-state index contributed by atoms with van der Waals surface area (Å²) in [7, 11) is 2.03. The second-order valence-corrected chi connectivity index (χ2v) is 11.0. The molecule has 2 bridgehead atoms. The van der Waals surface area contributed by atoms with Crippen molar-refractivity contribution < 1.29 is 33.6 Å². The number of likely N-dealkylation sites (N-methyl/N-ethyl adjacent to an activating group) is 1. The van der Waals surface area contributed by atoms with E-state index in [9.17, 15) is 14.7 Å². The van der Waals surface area contributed by atoms with Crippen molar-refractivity contribution in [1.29, 1.82) is 0 Å². The first kappa shape index (κ1) is 24.6. The lowest BCUT2D eigenvalue weighted by Gasteiger charge is -2.61. The zero-order valence-electron chi connectivity index (χ0n) is 21.4. The third-order valence-corrected chi connectivity index (χ3v) is 7.68. The second kappa shape index (κ2) is 8.49. The number of likely N-dealkylation sites (tertiary alicyclic amines) is 1. The van der Waals surface area contributed by atoms with Crippen LogP contribution in [0.1, 0.15) is 51.7 Å². The summed E-state index contributed by atoms with van der Waals surface area (Å²) in [5, 5.41) is 12.3. The molecule has 4 aliphatic rings. The molecule has 1 saturated heterocycles. The minimum Gasteiger partial charge on any atom is -0.477 e. The van der Waals surface area contributed by atoms with E-state index in [0.717, 1.165) is 17.7 Å². The number of benzene rings is 1. The lowest BCUT2D eigenvalue weighted by Crippen LogP contribution is -2.74. The van der Waals surface area contributed by atoms with Gasteiger partial charge in [-0.25, -0.2) is 9.59 Å². The van der Waals surface area contributed by atoms with Crippen LogP contribution in [0.4, 0.5) is 4.79 Å². The van der Waals surface area contributed by atoms with Crippen molar-refractivity contribution >= 4 is 12.1 Å². The summed E-state index contributed by atoms with van der Waals surface area (Å²) in [6.45, 7) is 7.89. The van der Waals surface area contributed by atoms with Gasteiger partial charge in [0.2, 0.25) is 0 Å². The molecule has 36 heavy (non-hydrogen) atoms. The standard InChI is InChI=1S/C28H33NO7/c1-6-7-8-9-21(30)33-19-12-13-28(32)20-16-17-10-11-18(34-25(31)36-26(2,3)4)23-22(17)27(28,24(19)35-23)14-15-29(20)5/h6-12,20,24,32H,13-16H2,1-5H3/t20?,24-,27-,28-/m0/s1. The van der Waals surface area contributed by atoms with Gasteiger partial charge in [0, 0.05) is 24.1 Å². The Morgan fingerprint density at radius 3 is 2.72 bits per heavy atom. The van der Waals surface area contributed by atoms with Crippen LogP contribution >= 0.6 is 0 Å². The number of ether oxygens (including phenoxy) is 4. The Morgan fingerprint density at radius 1 is 1.22 bits per heavy atom. The average molecular weight is 496 g/mol. The van der Waals surface area contributed by atoms with E-state index >= 15 is 0 Å². The summed E-state index contributed by atoms with van der Waals surface area (Å²) < 4.78 is 23.2. The molecule has 2 aliphatic heterocycles.